The molecule has 8 heteroatoms. The summed E-state index contributed by atoms with van der Waals surface area (Å²) in [6, 6.07) is 9.80. The number of anilines is 1. The highest BCUT2D eigenvalue weighted by atomic mass is 16.2. The minimum absolute atomic E-state index is 0.0523. The van der Waals surface area contributed by atoms with Crippen LogP contribution >= 0.6 is 0 Å². The normalized spacial score (nSPS) is 14.9. The van der Waals surface area contributed by atoms with Crippen LogP contribution in [0, 0.1) is 5.41 Å². The third kappa shape index (κ3) is 3.92. The van der Waals surface area contributed by atoms with E-state index >= 15 is 0 Å². The number of hydrogen-bond donors (Lipinski definition) is 2. The van der Waals surface area contributed by atoms with Crippen molar-refractivity contribution in [2.75, 3.05) is 11.9 Å². The van der Waals surface area contributed by atoms with Crippen molar-refractivity contribution in [2.45, 2.75) is 26.9 Å². The molecule has 28 heavy (non-hydrogen) atoms. The van der Waals surface area contributed by atoms with Gasteiger partial charge < -0.3 is 10.6 Å². The van der Waals surface area contributed by atoms with E-state index in [4.69, 9.17) is 0 Å². The van der Waals surface area contributed by atoms with Gasteiger partial charge in [-0.3, -0.25) is 19.0 Å². The summed E-state index contributed by atoms with van der Waals surface area (Å²) in [6.45, 7) is 4.08. The second-order valence-electron chi connectivity index (χ2n) is 7.39. The van der Waals surface area contributed by atoms with Crippen molar-refractivity contribution < 1.29 is 14.4 Å². The Bertz CT molecular complexity index is 1030. The summed E-state index contributed by atoms with van der Waals surface area (Å²) in [7, 11) is 0. The second-order valence-corrected chi connectivity index (χ2v) is 7.39. The highest BCUT2D eigenvalue weighted by molar-refractivity contribution is 6.05. The van der Waals surface area contributed by atoms with E-state index in [1.165, 1.54) is 16.7 Å². The van der Waals surface area contributed by atoms with E-state index in [-0.39, 0.29) is 29.2 Å². The minimum atomic E-state index is -0.535. The highest BCUT2D eigenvalue weighted by Crippen LogP contribution is 2.27. The van der Waals surface area contributed by atoms with Gasteiger partial charge in [-0.2, -0.15) is 4.99 Å². The number of isocyanates is 1. The lowest BCUT2D eigenvalue weighted by Gasteiger charge is -2.23. The highest BCUT2D eigenvalue weighted by Gasteiger charge is 2.30. The van der Waals surface area contributed by atoms with E-state index in [2.05, 4.69) is 15.6 Å². The SMILES string of the molecule is CC1(C)CNC(=O)c2cc(NC(=O)c3ccccc3)c(=O)n(CN=C=O)c2C1. The van der Waals surface area contributed by atoms with Crippen molar-refractivity contribution in [2.24, 2.45) is 10.4 Å². The van der Waals surface area contributed by atoms with Crippen LogP contribution in [-0.2, 0) is 17.9 Å². The number of rotatable bonds is 4. The molecule has 1 aliphatic heterocycles. The molecule has 1 aromatic carbocycles. The van der Waals surface area contributed by atoms with Crippen LogP contribution in [0.5, 0.6) is 0 Å². The van der Waals surface area contributed by atoms with E-state index in [9.17, 15) is 19.2 Å². The predicted molar refractivity (Wildman–Crippen MR) is 103 cm³/mol. The number of carbonyl (C=O) groups is 2. The molecule has 0 atom stereocenters. The van der Waals surface area contributed by atoms with Crippen molar-refractivity contribution >= 4 is 23.6 Å². The summed E-state index contributed by atoms with van der Waals surface area (Å²) in [5.74, 6) is -0.822. The molecule has 2 N–H and O–H groups in total. The van der Waals surface area contributed by atoms with Crippen molar-refractivity contribution in [3.05, 3.63) is 63.6 Å². The standard InChI is InChI=1S/C20H20N4O4/c1-20(2)9-16-14(18(27)22-10-20)8-15(19(28)24(16)11-21-12-25)23-17(26)13-6-4-3-5-7-13/h3-8H,9-11H2,1-2H3,(H,22,27)(H,23,26). The number of nitrogens with one attached hydrogen (secondary N) is 2. The first-order chi connectivity index (χ1) is 13.3. The van der Waals surface area contributed by atoms with Gasteiger partial charge in [0.15, 0.2) is 0 Å². The molecule has 0 spiro atoms. The molecular weight excluding hydrogens is 360 g/mol. The number of benzene rings is 1. The third-order valence-corrected chi connectivity index (χ3v) is 4.58. The number of aliphatic imine (C=N–C) groups is 1. The Labute approximate surface area is 161 Å². The number of nitrogens with zero attached hydrogens (tertiary/aromatic N) is 2. The van der Waals surface area contributed by atoms with Crippen LogP contribution in [0.25, 0.3) is 0 Å². The second kappa shape index (κ2) is 7.62. The van der Waals surface area contributed by atoms with Gasteiger partial charge >= 0.3 is 0 Å². The molecule has 1 aromatic heterocycles. The zero-order valence-corrected chi connectivity index (χ0v) is 15.6. The van der Waals surface area contributed by atoms with Crippen LogP contribution in [-0.4, -0.2) is 29.0 Å². The zero-order chi connectivity index (χ0) is 20.3. The molecule has 0 bridgehead atoms. The molecule has 0 aliphatic carbocycles. The molecule has 144 valence electrons. The van der Waals surface area contributed by atoms with Gasteiger partial charge in [0, 0.05) is 17.8 Å². The zero-order valence-electron chi connectivity index (χ0n) is 15.6. The summed E-state index contributed by atoms with van der Waals surface area (Å²) in [5.41, 5.74) is 0.238. The van der Waals surface area contributed by atoms with Crippen LogP contribution in [0.4, 0.5) is 5.69 Å². The Balaban J connectivity index is 2.12. The molecule has 0 unspecified atom stereocenters. The maximum absolute atomic E-state index is 13.0. The summed E-state index contributed by atoms with van der Waals surface area (Å²) < 4.78 is 1.24. The van der Waals surface area contributed by atoms with Crippen LogP contribution in [0.3, 0.4) is 0 Å². The topological polar surface area (TPSA) is 110 Å². The molecule has 2 heterocycles. The average Bonchev–Trinajstić information content (AvgIpc) is 2.79. The fourth-order valence-electron chi connectivity index (χ4n) is 3.14. The quantitative estimate of drug-likeness (QED) is 0.621. The Morgan fingerprint density at radius 3 is 2.68 bits per heavy atom. The number of fused-ring (bicyclic) bond motifs is 1. The Morgan fingerprint density at radius 1 is 1.29 bits per heavy atom. The van der Waals surface area contributed by atoms with Crippen molar-refractivity contribution in [3.63, 3.8) is 0 Å². The molecule has 0 saturated carbocycles. The van der Waals surface area contributed by atoms with Gasteiger partial charge in [-0.15, -0.1) is 0 Å². The Kier molecular flexibility index (Phi) is 5.24. The summed E-state index contributed by atoms with van der Waals surface area (Å²) >= 11 is 0. The van der Waals surface area contributed by atoms with E-state index in [1.54, 1.807) is 30.3 Å². The molecule has 8 nitrogen and oxygen atoms in total. The van der Waals surface area contributed by atoms with Crippen LogP contribution < -0.4 is 16.2 Å². The van der Waals surface area contributed by atoms with E-state index in [1.807, 2.05) is 13.8 Å². The number of carbonyl (C=O) groups excluding carboxylic acids is 3. The van der Waals surface area contributed by atoms with Gasteiger partial charge in [-0.05, 0) is 30.0 Å². The van der Waals surface area contributed by atoms with Gasteiger partial charge in [-0.25, -0.2) is 4.79 Å². The predicted octanol–water partition coefficient (Wildman–Crippen LogP) is 1.71. The van der Waals surface area contributed by atoms with Crippen LogP contribution in [0.15, 0.2) is 46.2 Å². The number of amides is 2. The molecular formula is C20H20N4O4. The smallest absolute Gasteiger partial charge is 0.276 e. The Morgan fingerprint density at radius 2 is 2.00 bits per heavy atom. The van der Waals surface area contributed by atoms with Gasteiger partial charge in [-0.1, -0.05) is 32.0 Å². The van der Waals surface area contributed by atoms with Crippen LogP contribution in [0.2, 0.25) is 0 Å². The molecule has 1 aliphatic rings. The van der Waals surface area contributed by atoms with Gasteiger partial charge in [0.05, 0.1) is 5.56 Å². The largest absolute Gasteiger partial charge is 0.351 e. The lowest BCUT2D eigenvalue weighted by molar-refractivity contribution is 0.0943. The summed E-state index contributed by atoms with van der Waals surface area (Å²) in [6.07, 6.45) is 1.84. The fourth-order valence-corrected chi connectivity index (χ4v) is 3.14. The Hall–Kier alpha value is -3.51. The van der Waals surface area contributed by atoms with Gasteiger partial charge in [0.1, 0.15) is 12.4 Å². The first kappa shape index (κ1) is 19.3. The summed E-state index contributed by atoms with van der Waals surface area (Å²) in [5, 5.41) is 5.39. The van der Waals surface area contributed by atoms with Crippen molar-refractivity contribution in [1.82, 2.24) is 9.88 Å². The maximum atomic E-state index is 13.0. The molecule has 3 rings (SSSR count). The monoisotopic (exact) mass is 380 g/mol. The maximum Gasteiger partial charge on any atom is 0.276 e. The first-order valence-corrected chi connectivity index (χ1v) is 8.77. The minimum Gasteiger partial charge on any atom is -0.351 e. The van der Waals surface area contributed by atoms with E-state index in [0.29, 0.717) is 24.2 Å². The van der Waals surface area contributed by atoms with Crippen molar-refractivity contribution in [1.29, 1.82) is 0 Å². The number of pyridine rings is 1. The van der Waals surface area contributed by atoms with Crippen LogP contribution in [0.1, 0.15) is 40.3 Å². The van der Waals surface area contributed by atoms with Gasteiger partial charge in [0.25, 0.3) is 17.4 Å². The summed E-state index contributed by atoms with van der Waals surface area (Å²) in [4.78, 5) is 52.1. The lowest BCUT2D eigenvalue weighted by atomic mass is 9.87. The molecule has 0 saturated heterocycles. The number of hydrogen-bond acceptors (Lipinski definition) is 5. The van der Waals surface area contributed by atoms with E-state index < -0.39 is 11.5 Å². The molecule has 0 fully saturated rings. The van der Waals surface area contributed by atoms with Crippen molar-refractivity contribution in [3.8, 4) is 0 Å². The van der Waals surface area contributed by atoms with E-state index in [0.717, 1.165) is 0 Å². The first-order valence-electron chi connectivity index (χ1n) is 8.77. The molecule has 0 radical (unpaired) electrons. The molecule has 2 amide bonds. The third-order valence-electron chi connectivity index (χ3n) is 4.58. The fraction of sp³-hybridized carbons (Fsp3) is 0.300. The lowest BCUT2D eigenvalue weighted by Crippen LogP contribution is -2.31. The average molecular weight is 380 g/mol. The molecule has 2 aromatic rings. The van der Waals surface area contributed by atoms with Gasteiger partial charge in [0.2, 0.25) is 6.08 Å². The number of aromatic nitrogens is 1.